The minimum atomic E-state index is -1.82. The van der Waals surface area contributed by atoms with Crippen LogP contribution in [0.3, 0.4) is 0 Å². The average Bonchev–Trinajstić information content (AvgIpc) is 3.18. The first-order chi connectivity index (χ1) is 13.9. The number of rotatable bonds is 4. The van der Waals surface area contributed by atoms with E-state index in [1.54, 1.807) is 0 Å². The number of nitrogens with one attached hydrogen (secondary N) is 1. The summed E-state index contributed by atoms with van der Waals surface area (Å²) >= 11 is 0. The van der Waals surface area contributed by atoms with E-state index in [4.69, 9.17) is 24.3 Å². The Morgan fingerprint density at radius 1 is 1.03 bits per heavy atom. The van der Waals surface area contributed by atoms with Gasteiger partial charge in [-0.15, -0.1) is 0 Å². The third kappa shape index (κ3) is 5.99. The molecule has 3 N–H and O–H groups in total. The number of nitrogens with zero attached hydrogens (tertiary/aromatic N) is 3. The molecule has 29 heavy (non-hydrogen) atoms. The summed E-state index contributed by atoms with van der Waals surface area (Å²) < 4.78 is 5.45. The zero-order chi connectivity index (χ0) is 20.8. The minimum absolute atomic E-state index is 0.0261. The Hall–Kier alpha value is -2.49. The highest BCUT2D eigenvalue weighted by molar-refractivity contribution is 6.27. The number of fused-ring (bicyclic) bond motifs is 3. The summed E-state index contributed by atoms with van der Waals surface area (Å²) in [5.74, 6) is -1.05. The van der Waals surface area contributed by atoms with Gasteiger partial charge in [0.15, 0.2) is 0 Å². The molecular formula is C19H28N4O6. The highest BCUT2D eigenvalue weighted by atomic mass is 16.5. The predicted octanol–water partition coefficient (Wildman–Crippen LogP) is 1.94. The molecule has 0 aromatic carbocycles. The SMILES string of the molecule is O=C(CC1CCCCC1)Nc1noc(C2CN3CCC2CC3)n1.O=C(O)C(=O)O. The van der Waals surface area contributed by atoms with Gasteiger partial charge in [-0.25, -0.2) is 9.59 Å². The first-order valence-electron chi connectivity index (χ1n) is 10.2. The number of hydrogen-bond acceptors (Lipinski definition) is 7. The molecule has 1 aromatic rings. The average molecular weight is 408 g/mol. The Morgan fingerprint density at radius 2 is 1.69 bits per heavy atom. The molecule has 3 aliphatic heterocycles. The van der Waals surface area contributed by atoms with Crippen LogP contribution in [0.15, 0.2) is 4.52 Å². The van der Waals surface area contributed by atoms with Gasteiger partial charge in [0.25, 0.3) is 5.95 Å². The van der Waals surface area contributed by atoms with Crippen molar-refractivity contribution >= 4 is 23.8 Å². The van der Waals surface area contributed by atoms with Gasteiger partial charge >= 0.3 is 11.9 Å². The fourth-order valence-electron chi connectivity index (χ4n) is 4.51. The van der Waals surface area contributed by atoms with E-state index in [-0.39, 0.29) is 5.91 Å². The predicted molar refractivity (Wildman–Crippen MR) is 101 cm³/mol. The van der Waals surface area contributed by atoms with Crippen molar-refractivity contribution in [2.45, 2.75) is 57.3 Å². The van der Waals surface area contributed by atoms with Crippen LogP contribution < -0.4 is 5.32 Å². The van der Waals surface area contributed by atoms with Crippen LogP contribution in [0.4, 0.5) is 5.95 Å². The lowest BCUT2D eigenvalue weighted by atomic mass is 9.79. The van der Waals surface area contributed by atoms with Crippen LogP contribution in [0.5, 0.6) is 0 Å². The minimum Gasteiger partial charge on any atom is -0.473 e. The van der Waals surface area contributed by atoms with E-state index in [1.807, 2.05) is 0 Å². The van der Waals surface area contributed by atoms with Crippen LogP contribution >= 0.6 is 0 Å². The molecule has 1 aliphatic carbocycles. The van der Waals surface area contributed by atoms with E-state index < -0.39 is 11.9 Å². The highest BCUT2D eigenvalue weighted by Crippen LogP contribution is 2.38. The molecule has 1 unspecified atom stereocenters. The van der Waals surface area contributed by atoms with Crippen molar-refractivity contribution < 1.29 is 29.1 Å². The van der Waals surface area contributed by atoms with Gasteiger partial charge in [0, 0.05) is 13.0 Å². The third-order valence-electron chi connectivity index (χ3n) is 6.05. The van der Waals surface area contributed by atoms with Crippen molar-refractivity contribution in [3.05, 3.63) is 5.89 Å². The van der Waals surface area contributed by atoms with Crippen molar-refractivity contribution in [1.29, 1.82) is 0 Å². The molecule has 10 heteroatoms. The Balaban J connectivity index is 0.000000353. The van der Waals surface area contributed by atoms with E-state index in [2.05, 4.69) is 20.4 Å². The molecule has 1 saturated carbocycles. The van der Waals surface area contributed by atoms with Crippen LogP contribution in [-0.4, -0.2) is 62.7 Å². The number of carbonyl (C=O) groups excluding carboxylic acids is 1. The molecule has 4 aliphatic rings. The Kier molecular flexibility index (Phi) is 7.18. The first kappa shape index (κ1) is 21.2. The van der Waals surface area contributed by atoms with Crippen molar-refractivity contribution in [2.24, 2.45) is 11.8 Å². The second-order valence-electron chi connectivity index (χ2n) is 8.07. The number of aromatic nitrogens is 2. The molecule has 10 nitrogen and oxygen atoms in total. The lowest BCUT2D eigenvalue weighted by Crippen LogP contribution is -2.46. The fourth-order valence-corrected chi connectivity index (χ4v) is 4.51. The number of anilines is 1. The maximum absolute atomic E-state index is 12.2. The van der Waals surface area contributed by atoms with E-state index in [9.17, 15) is 4.79 Å². The van der Waals surface area contributed by atoms with E-state index in [0.29, 0.717) is 36.0 Å². The zero-order valence-corrected chi connectivity index (χ0v) is 16.4. The quantitative estimate of drug-likeness (QED) is 0.636. The van der Waals surface area contributed by atoms with E-state index >= 15 is 0 Å². The summed E-state index contributed by atoms with van der Waals surface area (Å²) in [4.78, 5) is 37.3. The molecular weight excluding hydrogens is 380 g/mol. The second-order valence-corrected chi connectivity index (χ2v) is 8.07. The maximum atomic E-state index is 12.2. The van der Waals surface area contributed by atoms with Crippen LogP contribution in [0.2, 0.25) is 0 Å². The first-order valence-corrected chi connectivity index (χ1v) is 10.2. The van der Waals surface area contributed by atoms with Gasteiger partial charge in [-0.2, -0.15) is 4.98 Å². The second kappa shape index (κ2) is 9.82. The molecule has 0 spiro atoms. The van der Waals surface area contributed by atoms with Crippen molar-refractivity contribution in [1.82, 2.24) is 15.0 Å². The lowest BCUT2D eigenvalue weighted by Gasteiger charge is -2.43. The molecule has 5 rings (SSSR count). The standard InChI is InChI=1S/C17H26N4O2.C2H2O4/c22-15(10-12-4-2-1-3-5-12)18-17-19-16(23-20-17)14-11-21-8-6-13(14)7-9-21;3-1(4)2(5)6/h12-14H,1-11H2,(H,18,20,22);(H,3,4)(H,5,6). The molecule has 3 saturated heterocycles. The topological polar surface area (TPSA) is 146 Å². The molecule has 1 aromatic heterocycles. The number of amides is 1. The fraction of sp³-hybridized carbons (Fsp3) is 0.737. The Morgan fingerprint density at radius 3 is 2.24 bits per heavy atom. The van der Waals surface area contributed by atoms with Crippen LogP contribution in [-0.2, 0) is 14.4 Å². The van der Waals surface area contributed by atoms with Gasteiger partial charge < -0.3 is 19.6 Å². The zero-order valence-electron chi connectivity index (χ0n) is 16.4. The third-order valence-corrected chi connectivity index (χ3v) is 6.05. The molecule has 1 amide bonds. The Bertz CT molecular complexity index is 710. The number of carbonyl (C=O) groups is 3. The molecule has 160 valence electrons. The highest BCUT2D eigenvalue weighted by Gasteiger charge is 2.38. The van der Waals surface area contributed by atoms with Gasteiger partial charge in [0.1, 0.15) is 0 Å². The lowest BCUT2D eigenvalue weighted by molar-refractivity contribution is -0.159. The number of carboxylic acid groups (broad SMARTS) is 2. The summed E-state index contributed by atoms with van der Waals surface area (Å²) in [6.45, 7) is 3.41. The summed E-state index contributed by atoms with van der Waals surface area (Å²) in [6, 6.07) is 0. The van der Waals surface area contributed by atoms with Crippen molar-refractivity contribution in [3.8, 4) is 0 Å². The van der Waals surface area contributed by atoms with Crippen LogP contribution in [0.25, 0.3) is 0 Å². The van der Waals surface area contributed by atoms with Crippen molar-refractivity contribution in [2.75, 3.05) is 25.0 Å². The smallest absolute Gasteiger partial charge is 0.414 e. The molecule has 1 atom stereocenters. The van der Waals surface area contributed by atoms with Crippen LogP contribution in [0.1, 0.15) is 63.2 Å². The molecule has 4 fully saturated rings. The van der Waals surface area contributed by atoms with E-state index in [0.717, 1.165) is 6.54 Å². The Labute approximate surface area is 168 Å². The largest absolute Gasteiger partial charge is 0.473 e. The van der Waals surface area contributed by atoms with Gasteiger partial charge in [-0.1, -0.05) is 19.3 Å². The molecule has 4 heterocycles. The van der Waals surface area contributed by atoms with Gasteiger partial charge in [0.05, 0.1) is 5.92 Å². The number of hydrogen-bond donors (Lipinski definition) is 3. The molecule has 0 radical (unpaired) electrons. The molecule has 2 bridgehead atoms. The van der Waals surface area contributed by atoms with Gasteiger partial charge in [0.2, 0.25) is 11.8 Å². The number of piperidine rings is 3. The van der Waals surface area contributed by atoms with Crippen molar-refractivity contribution in [3.63, 3.8) is 0 Å². The van der Waals surface area contributed by atoms with Crippen LogP contribution in [0, 0.1) is 11.8 Å². The van der Waals surface area contributed by atoms with Gasteiger partial charge in [-0.3, -0.25) is 10.1 Å². The summed E-state index contributed by atoms with van der Waals surface area (Å²) in [7, 11) is 0. The van der Waals surface area contributed by atoms with E-state index in [1.165, 1.54) is 58.0 Å². The monoisotopic (exact) mass is 408 g/mol. The summed E-state index contributed by atoms with van der Waals surface area (Å²) in [5.41, 5.74) is 0. The summed E-state index contributed by atoms with van der Waals surface area (Å²) in [5, 5.41) is 21.6. The number of carboxylic acids is 2. The maximum Gasteiger partial charge on any atom is 0.414 e. The normalized spacial score (nSPS) is 26.3. The number of aliphatic carboxylic acids is 2. The van der Waals surface area contributed by atoms with Gasteiger partial charge in [-0.05, 0) is 55.8 Å². The summed E-state index contributed by atoms with van der Waals surface area (Å²) in [6.07, 6.45) is 9.19.